The van der Waals surface area contributed by atoms with Crippen molar-refractivity contribution in [2.45, 2.75) is 33.1 Å². The monoisotopic (exact) mass is 263 g/mol. The van der Waals surface area contributed by atoms with E-state index in [4.69, 9.17) is 0 Å². The van der Waals surface area contributed by atoms with E-state index in [-0.39, 0.29) is 5.41 Å². The van der Waals surface area contributed by atoms with Crippen LogP contribution < -0.4 is 0 Å². The first-order valence-corrected chi connectivity index (χ1v) is 4.85. The Morgan fingerprint density at radius 2 is 1.91 bits per heavy atom. The van der Waals surface area contributed by atoms with Crippen LogP contribution in [0.4, 0.5) is 0 Å². The molecule has 11 heavy (non-hydrogen) atoms. The van der Waals surface area contributed by atoms with Crippen molar-refractivity contribution in [2.24, 2.45) is 0 Å². The van der Waals surface area contributed by atoms with Gasteiger partial charge in [0.2, 0.25) is 0 Å². The number of rotatable bonds is 0. The summed E-state index contributed by atoms with van der Waals surface area (Å²) in [5.41, 5.74) is 2.83. The van der Waals surface area contributed by atoms with Crippen LogP contribution in [0.5, 0.6) is 0 Å². The molecule has 1 aromatic heterocycles. The highest BCUT2D eigenvalue weighted by molar-refractivity contribution is 14.1. The zero-order chi connectivity index (χ0) is 8.65. The number of H-pyrrole nitrogens is 1. The molecule has 62 valence electrons. The molecule has 0 aliphatic carbocycles. The fourth-order valence-corrected chi connectivity index (χ4v) is 2.51. The summed E-state index contributed by atoms with van der Waals surface area (Å²) in [6, 6.07) is 2.18. The lowest BCUT2D eigenvalue weighted by Crippen LogP contribution is -2.13. The van der Waals surface area contributed by atoms with Crippen molar-refractivity contribution in [2.75, 3.05) is 0 Å². The largest absolute Gasteiger partial charge is 0.361 e. The summed E-state index contributed by atoms with van der Waals surface area (Å²) < 4.78 is 1.34. The smallest absolute Gasteiger partial charge is 0.0345 e. The predicted molar refractivity (Wildman–Crippen MR) is 56.9 cm³/mol. The van der Waals surface area contributed by atoms with Crippen LogP contribution in [0.1, 0.15) is 32.2 Å². The van der Waals surface area contributed by atoms with E-state index in [0.717, 1.165) is 0 Å². The maximum Gasteiger partial charge on any atom is 0.0345 e. The third kappa shape index (κ3) is 1.98. The zero-order valence-electron chi connectivity index (χ0n) is 7.46. The molecule has 1 rings (SSSR count). The molecular formula is C9H14IN. The molecule has 0 atom stereocenters. The summed E-state index contributed by atoms with van der Waals surface area (Å²) in [4.78, 5) is 3.38. The van der Waals surface area contributed by atoms with Crippen molar-refractivity contribution in [3.05, 3.63) is 21.0 Å². The number of hydrogen-bond donors (Lipinski definition) is 1. The highest BCUT2D eigenvalue weighted by Gasteiger charge is 2.18. The summed E-state index contributed by atoms with van der Waals surface area (Å²) in [6.07, 6.45) is 0. The van der Waals surface area contributed by atoms with Crippen LogP contribution in [-0.2, 0) is 5.41 Å². The van der Waals surface area contributed by atoms with Gasteiger partial charge in [0.15, 0.2) is 0 Å². The maximum absolute atomic E-state index is 3.38. The molecule has 0 aliphatic heterocycles. The minimum absolute atomic E-state index is 0.241. The Labute approximate surface area is 81.7 Å². The summed E-state index contributed by atoms with van der Waals surface area (Å²) in [6.45, 7) is 8.76. The van der Waals surface area contributed by atoms with Crippen molar-refractivity contribution < 1.29 is 0 Å². The summed E-state index contributed by atoms with van der Waals surface area (Å²) >= 11 is 2.38. The quantitative estimate of drug-likeness (QED) is 0.692. The molecule has 0 unspecified atom stereocenters. The second-order valence-corrected chi connectivity index (χ2v) is 5.09. The maximum atomic E-state index is 3.38. The zero-order valence-corrected chi connectivity index (χ0v) is 9.61. The number of aromatic nitrogens is 1. The van der Waals surface area contributed by atoms with Gasteiger partial charge in [0.1, 0.15) is 0 Å². The molecule has 1 N–H and O–H groups in total. The van der Waals surface area contributed by atoms with Crippen LogP contribution in [0.3, 0.4) is 0 Å². The lowest BCUT2D eigenvalue weighted by molar-refractivity contribution is 0.568. The molecule has 0 bridgehead atoms. The predicted octanol–water partition coefficient (Wildman–Crippen LogP) is 3.23. The van der Waals surface area contributed by atoms with Gasteiger partial charge in [-0.05, 0) is 35.6 Å². The topological polar surface area (TPSA) is 15.8 Å². The molecule has 0 fully saturated rings. The molecule has 1 aromatic rings. The lowest BCUT2D eigenvalue weighted by atomic mass is 9.93. The Balaban J connectivity index is 3.13. The molecule has 0 aromatic carbocycles. The Morgan fingerprint density at radius 1 is 1.36 bits per heavy atom. The van der Waals surface area contributed by atoms with Gasteiger partial charge in [0, 0.05) is 20.4 Å². The van der Waals surface area contributed by atoms with E-state index >= 15 is 0 Å². The van der Waals surface area contributed by atoms with Gasteiger partial charge in [-0.15, -0.1) is 0 Å². The van der Waals surface area contributed by atoms with Gasteiger partial charge in [0.25, 0.3) is 0 Å². The first kappa shape index (κ1) is 9.10. The van der Waals surface area contributed by atoms with Crippen molar-refractivity contribution in [3.63, 3.8) is 0 Å². The molecule has 0 radical (unpaired) electrons. The molecule has 0 saturated carbocycles. The standard InChI is InChI=1S/C9H14IN/c1-6-5-7(10)8(11-6)9(2,3)4/h5,11H,1-4H3. The average molecular weight is 263 g/mol. The lowest BCUT2D eigenvalue weighted by Gasteiger charge is -2.17. The molecule has 1 heterocycles. The SMILES string of the molecule is Cc1cc(I)c(C(C)(C)C)[nH]1. The Morgan fingerprint density at radius 3 is 2.09 bits per heavy atom. The average Bonchev–Trinajstić information content (AvgIpc) is 2.08. The second kappa shape index (κ2) is 2.81. The molecule has 2 heteroatoms. The second-order valence-electron chi connectivity index (χ2n) is 3.93. The third-order valence-electron chi connectivity index (χ3n) is 1.65. The van der Waals surface area contributed by atoms with Crippen molar-refractivity contribution in [3.8, 4) is 0 Å². The minimum atomic E-state index is 0.241. The molecule has 0 amide bonds. The molecule has 0 saturated heterocycles. The number of nitrogens with one attached hydrogen (secondary N) is 1. The Kier molecular flexibility index (Phi) is 2.32. The van der Waals surface area contributed by atoms with Crippen LogP contribution in [0.2, 0.25) is 0 Å². The fraction of sp³-hybridized carbons (Fsp3) is 0.556. The van der Waals surface area contributed by atoms with Gasteiger partial charge in [-0.3, -0.25) is 0 Å². The Bertz CT molecular complexity index is 255. The third-order valence-corrected chi connectivity index (χ3v) is 2.51. The van der Waals surface area contributed by atoms with E-state index in [1.807, 2.05) is 0 Å². The number of aromatic amines is 1. The van der Waals surface area contributed by atoms with E-state index in [1.54, 1.807) is 0 Å². The first-order chi connectivity index (χ1) is 4.91. The van der Waals surface area contributed by atoms with Crippen molar-refractivity contribution in [1.82, 2.24) is 4.98 Å². The molecule has 1 nitrogen and oxygen atoms in total. The van der Waals surface area contributed by atoms with Crippen LogP contribution in [0, 0.1) is 10.5 Å². The highest BCUT2D eigenvalue weighted by Crippen LogP contribution is 2.26. The molecular weight excluding hydrogens is 249 g/mol. The van der Waals surface area contributed by atoms with Gasteiger partial charge < -0.3 is 4.98 Å². The first-order valence-electron chi connectivity index (χ1n) is 3.77. The van der Waals surface area contributed by atoms with Crippen LogP contribution >= 0.6 is 22.6 Å². The van der Waals surface area contributed by atoms with Crippen molar-refractivity contribution >= 4 is 22.6 Å². The van der Waals surface area contributed by atoms with Gasteiger partial charge in [-0.2, -0.15) is 0 Å². The van der Waals surface area contributed by atoms with Crippen LogP contribution in [0.25, 0.3) is 0 Å². The van der Waals surface area contributed by atoms with E-state index in [0.29, 0.717) is 0 Å². The van der Waals surface area contributed by atoms with E-state index < -0.39 is 0 Å². The van der Waals surface area contributed by atoms with E-state index in [1.165, 1.54) is 15.0 Å². The molecule has 0 aliphatic rings. The van der Waals surface area contributed by atoms with E-state index in [9.17, 15) is 0 Å². The minimum Gasteiger partial charge on any atom is -0.361 e. The number of aryl methyl sites for hydroxylation is 1. The molecule has 0 spiro atoms. The fourth-order valence-electron chi connectivity index (χ4n) is 1.10. The Hall–Kier alpha value is 0.01000. The van der Waals surface area contributed by atoms with Gasteiger partial charge >= 0.3 is 0 Å². The highest BCUT2D eigenvalue weighted by atomic mass is 127. The normalized spacial score (nSPS) is 12.1. The van der Waals surface area contributed by atoms with Gasteiger partial charge in [-0.25, -0.2) is 0 Å². The van der Waals surface area contributed by atoms with Crippen molar-refractivity contribution in [1.29, 1.82) is 0 Å². The number of halogens is 1. The van der Waals surface area contributed by atoms with E-state index in [2.05, 4.69) is 61.3 Å². The summed E-state index contributed by atoms with van der Waals surface area (Å²) in [5.74, 6) is 0. The van der Waals surface area contributed by atoms with Crippen LogP contribution in [-0.4, -0.2) is 4.98 Å². The number of hydrogen-bond acceptors (Lipinski definition) is 0. The van der Waals surface area contributed by atoms with Gasteiger partial charge in [-0.1, -0.05) is 20.8 Å². The summed E-state index contributed by atoms with van der Waals surface area (Å²) in [5, 5.41) is 0. The van der Waals surface area contributed by atoms with Gasteiger partial charge in [0.05, 0.1) is 0 Å². The summed E-state index contributed by atoms with van der Waals surface area (Å²) in [7, 11) is 0. The van der Waals surface area contributed by atoms with Crippen LogP contribution in [0.15, 0.2) is 6.07 Å².